The van der Waals surface area contributed by atoms with E-state index < -0.39 is 0 Å². The minimum Gasteiger partial charge on any atom is -0.383 e. The van der Waals surface area contributed by atoms with Crippen molar-refractivity contribution in [2.75, 3.05) is 19.0 Å². The molecule has 0 spiro atoms. The number of methoxy groups -OCH3 is 1. The normalized spacial score (nSPS) is 11.9. The van der Waals surface area contributed by atoms with Crippen LogP contribution in [0.3, 0.4) is 0 Å². The topological polar surface area (TPSA) is 72.4 Å². The molecule has 28 heavy (non-hydrogen) atoms. The highest BCUT2D eigenvalue weighted by Gasteiger charge is 2.13. The number of benzene rings is 2. The average molecular weight is 379 g/mol. The first kappa shape index (κ1) is 19.6. The molecule has 1 atom stereocenters. The number of aromatic nitrogens is 1. The van der Waals surface area contributed by atoms with Gasteiger partial charge in [-0.05, 0) is 43.3 Å². The fraction of sp³-hybridized carbons (Fsp3) is 0.273. The van der Waals surface area contributed by atoms with E-state index in [4.69, 9.17) is 4.74 Å². The summed E-state index contributed by atoms with van der Waals surface area (Å²) >= 11 is 0. The molecule has 146 valence electrons. The number of fused-ring (bicyclic) bond motifs is 1. The third-order valence-corrected chi connectivity index (χ3v) is 4.50. The lowest BCUT2D eigenvalue weighted by Gasteiger charge is -2.14. The van der Waals surface area contributed by atoms with E-state index >= 15 is 0 Å². The van der Waals surface area contributed by atoms with Gasteiger partial charge in [0.05, 0.1) is 6.61 Å². The van der Waals surface area contributed by atoms with Gasteiger partial charge in [-0.25, -0.2) is 0 Å². The molecule has 6 heteroatoms. The highest BCUT2D eigenvalue weighted by Crippen LogP contribution is 2.21. The number of carbonyl (C=O) groups is 2. The zero-order chi connectivity index (χ0) is 19.9. The highest BCUT2D eigenvalue weighted by atomic mass is 16.5. The lowest BCUT2D eigenvalue weighted by Crippen LogP contribution is -2.35. The number of carbonyl (C=O) groups excluding carboxylic acids is 2. The molecular weight excluding hydrogens is 354 g/mol. The molecule has 1 aromatic heterocycles. The van der Waals surface area contributed by atoms with E-state index in [9.17, 15) is 9.59 Å². The van der Waals surface area contributed by atoms with E-state index in [1.807, 2.05) is 55.6 Å². The van der Waals surface area contributed by atoms with Crippen LogP contribution in [0.1, 0.15) is 23.7 Å². The number of amides is 2. The van der Waals surface area contributed by atoms with Gasteiger partial charge < -0.3 is 19.9 Å². The molecule has 0 fully saturated rings. The van der Waals surface area contributed by atoms with Gasteiger partial charge in [-0.15, -0.1) is 0 Å². The number of anilines is 1. The van der Waals surface area contributed by atoms with Gasteiger partial charge in [-0.2, -0.15) is 0 Å². The maximum Gasteiger partial charge on any atom is 0.251 e. The molecule has 0 aliphatic heterocycles. The van der Waals surface area contributed by atoms with Crippen LogP contribution in [0, 0.1) is 0 Å². The Labute approximate surface area is 164 Å². The van der Waals surface area contributed by atoms with Crippen LogP contribution in [-0.4, -0.2) is 36.1 Å². The molecule has 0 radical (unpaired) electrons. The van der Waals surface area contributed by atoms with Crippen LogP contribution >= 0.6 is 0 Å². The monoisotopic (exact) mass is 379 g/mol. The summed E-state index contributed by atoms with van der Waals surface area (Å²) in [6, 6.07) is 16.5. The van der Waals surface area contributed by atoms with Crippen LogP contribution in [0.15, 0.2) is 60.8 Å². The maximum atomic E-state index is 12.3. The first-order valence-electron chi connectivity index (χ1n) is 9.30. The lowest BCUT2D eigenvalue weighted by atomic mass is 10.1. The van der Waals surface area contributed by atoms with Gasteiger partial charge in [0.15, 0.2) is 0 Å². The summed E-state index contributed by atoms with van der Waals surface area (Å²) < 4.78 is 7.24. The third-order valence-electron chi connectivity index (χ3n) is 4.50. The zero-order valence-corrected chi connectivity index (χ0v) is 16.1. The van der Waals surface area contributed by atoms with Gasteiger partial charge >= 0.3 is 0 Å². The zero-order valence-electron chi connectivity index (χ0n) is 16.1. The van der Waals surface area contributed by atoms with Crippen molar-refractivity contribution in [3.05, 3.63) is 66.4 Å². The Bertz CT molecular complexity index is 950. The van der Waals surface area contributed by atoms with Crippen molar-refractivity contribution in [1.29, 1.82) is 0 Å². The SMILES string of the molecule is COCCn1ccc2cc(NC(=O)CC(C)NC(=O)c3ccccc3)ccc21. The number of hydrogen-bond acceptors (Lipinski definition) is 3. The largest absolute Gasteiger partial charge is 0.383 e. The summed E-state index contributed by atoms with van der Waals surface area (Å²) in [6.07, 6.45) is 2.21. The van der Waals surface area contributed by atoms with Crippen molar-refractivity contribution < 1.29 is 14.3 Å². The first-order valence-corrected chi connectivity index (χ1v) is 9.30. The lowest BCUT2D eigenvalue weighted by molar-refractivity contribution is -0.116. The molecule has 0 aliphatic carbocycles. The average Bonchev–Trinajstić information content (AvgIpc) is 3.09. The Kier molecular flexibility index (Phi) is 6.45. The fourth-order valence-electron chi connectivity index (χ4n) is 3.10. The van der Waals surface area contributed by atoms with Gasteiger partial charge in [-0.1, -0.05) is 18.2 Å². The Hall–Kier alpha value is -3.12. The second-order valence-electron chi connectivity index (χ2n) is 6.77. The molecular formula is C22H25N3O3. The van der Waals surface area contributed by atoms with Gasteiger partial charge in [0, 0.05) is 54.5 Å². The van der Waals surface area contributed by atoms with E-state index in [2.05, 4.69) is 15.2 Å². The van der Waals surface area contributed by atoms with Crippen molar-refractivity contribution >= 4 is 28.4 Å². The smallest absolute Gasteiger partial charge is 0.251 e. The molecule has 1 heterocycles. The second-order valence-corrected chi connectivity index (χ2v) is 6.77. The minimum atomic E-state index is -0.272. The van der Waals surface area contributed by atoms with Crippen LogP contribution in [0.4, 0.5) is 5.69 Å². The highest BCUT2D eigenvalue weighted by molar-refractivity contribution is 5.96. The molecule has 2 N–H and O–H groups in total. The van der Waals surface area contributed by atoms with Crippen LogP contribution < -0.4 is 10.6 Å². The number of nitrogens with one attached hydrogen (secondary N) is 2. The van der Waals surface area contributed by atoms with Crippen molar-refractivity contribution in [3.63, 3.8) is 0 Å². The van der Waals surface area contributed by atoms with Gasteiger partial charge in [0.25, 0.3) is 5.91 Å². The fourth-order valence-corrected chi connectivity index (χ4v) is 3.10. The predicted molar refractivity (Wildman–Crippen MR) is 110 cm³/mol. The summed E-state index contributed by atoms with van der Waals surface area (Å²) in [4.78, 5) is 24.5. The van der Waals surface area contributed by atoms with Crippen molar-refractivity contribution in [1.82, 2.24) is 9.88 Å². The molecule has 0 saturated carbocycles. The number of rotatable bonds is 8. The van der Waals surface area contributed by atoms with Crippen LogP contribution in [0.25, 0.3) is 10.9 Å². The molecule has 1 unspecified atom stereocenters. The predicted octanol–water partition coefficient (Wildman–Crippen LogP) is 3.43. The summed E-state index contributed by atoms with van der Waals surface area (Å²) in [5.41, 5.74) is 2.42. The van der Waals surface area contributed by atoms with Crippen molar-refractivity contribution in [2.45, 2.75) is 25.9 Å². The Balaban J connectivity index is 1.56. The summed E-state index contributed by atoms with van der Waals surface area (Å²) in [5, 5.41) is 6.81. The summed E-state index contributed by atoms with van der Waals surface area (Å²) in [6.45, 7) is 3.25. The standard InChI is InChI=1S/C22H25N3O3/c1-16(23-22(27)17-6-4-3-5-7-17)14-21(26)24-19-8-9-20-18(15-19)10-11-25(20)12-13-28-2/h3-11,15-16H,12-14H2,1-2H3,(H,23,27)(H,24,26). The van der Waals surface area contributed by atoms with E-state index in [0.29, 0.717) is 12.2 Å². The molecule has 6 nitrogen and oxygen atoms in total. The molecule has 0 bridgehead atoms. The van der Waals surface area contributed by atoms with E-state index in [0.717, 1.165) is 23.1 Å². The van der Waals surface area contributed by atoms with Crippen molar-refractivity contribution in [2.24, 2.45) is 0 Å². The second kappa shape index (κ2) is 9.19. The van der Waals surface area contributed by atoms with E-state index in [1.54, 1.807) is 19.2 Å². The third kappa shape index (κ3) is 4.98. The molecule has 3 aromatic rings. The summed E-state index contributed by atoms with van der Waals surface area (Å²) in [7, 11) is 1.68. The van der Waals surface area contributed by atoms with Gasteiger partial charge in [0.2, 0.25) is 5.91 Å². The first-order chi connectivity index (χ1) is 13.6. The Morgan fingerprint density at radius 2 is 1.89 bits per heavy atom. The maximum absolute atomic E-state index is 12.3. The van der Waals surface area contributed by atoms with E-state index in [-0.39, 0.29) is 24.3 Å². The Morgan fingerprint density at radius 3 is 2.64 bits per heavy atom. The van der Waals surface area contributed by atoms with Crippen molar-refractivity contribution in [3.8, 4) is 0 Å². The van der Waals surface area contributed by atoms with Gasteiger partial charge in [-0.3, -0.25) is 9.59 Å². The Morgan fingerprint density at radius 1 is 1.11 bits per heavy atom. The quantitative estimate of drug-likeness (QED) is 0.630. The van der Waals surface area contributed by atoms with Gasteiger partial charge in [0.1, 0.15) is 0 Å². The molecule has 3 rings (SSSR count). The minimum absolute atomic E-state index is 0.140. The van der Waals surface area contributed by atoms with Crippen LogP contribution in [0.2, 0.25) is 0 Å². The molecule has 2 aromatic carbocycles. The molecule has 0 saturated heterocycles. The van der Waals surface area contributed by atoms with E-state index in [1.165, 1.54) is 0 Å². The number of nitrogens with zero attached hydrogens (tertiary/aromatic N) is 1. The molecule has 0 aliphatic rings. The van der Waals surface area contributed by atoms with Crippen LogP contribution in [0.5, 0.6) is 0 Å². The number of ether oxygens (including phenoxy) is 1. The number of hydrogen-bond donors (Lipinski definition) is 2. The summed E-state index contributed by atoms with van der Waals surface area (Å²) in [5.74, 6) is -0.321. The van der Waals surface area contributed by atoms with Crippen LogP contribution in [-0.2, 0) is 16.1 Å². The molecule has 2 amide bonds.